The summed E-state index contributed by atoms with van der Waals surface area (Å²) < 4.78 is 38.3. The van der Waals surface area contributed by atoms with Gasteiger partial charge in [-0.15, -0.1) is 0 Å². The van der Waals surface area contributed by atoms with Gasteiger partial charge in [-0.1, -0.05) is 41.9 Å². The zero-order valence-corrected chi connectivity index (χ0v) is 20.0. The Balaban J connectivity index is 1.50. The van der Waals surface area contributed by atoms with Crippen LogP contribution in [0.2, 0.25) is 5.02 Å². The molecule has 0 N–H and O–H groups in total. The Morgan fingerprint density at radius 1 is 1.03 bits per heavy atom. The number of hydrogen-bond acceptors (Lipinski definition) is 6. The average molecular weight is 497 g/mol. The van der Waals surface area contributed by atoms with Crippen LogP contribution in [-0.2, 0) is 21.4 Å². The van der Waals surface area contributed by atoms with Crippen molar-refractivity contribution in [3.63, 3.8) is 0 Å². The van der Waals surface area contributed by atoms with Crippen LogP contribution >= 0.6 is 11.6 Å². The molecule has 0 saturated heterocycles. The van der Waals surface area contributed by atoms with Crippen LogP contribution in [0.4, 0.5) is 5.69 Å². The van der Waals surface area contributed by atoms with Gasteiger partial charge in [-0.25, -0.2) is 18.2 Å². The summed E-state index contributed by atoms with van der Waals surface area (Å²) in [5, 5.41) is 0.412. The first kappa shape index (κ1) is 23.5. The molecule has 0 atom stereocenters. The summed E-state index contributed by atoms with van der Waals surface area (Å²) in [5.74, 6) is 0.290. The van der Waals surface area contributed by atoms with Crippen molar-refractivity contribution < 1.29 is 22.4 Å². The molecule has 9 heteroatoms. The van der Waals surface area contributed by atoms with Crippen LogP contribution in [0.25, 0.3) is 11.5 Å². The van der Waals surface area contributed by atoms with E-state index in [1.165, 1.54) is 31.3 Å². The normalized spacial score (nSPS) is 11.3. The molecule has 0 spiro atoms. The highest BCUT2D eigenvalue weighted by atomic mass is 35.5. The van der Waals surface area contributed by atoms with Crippen molar-refractivity contribution in [2.75, 3.05) is 11.4 Å². The Morgan fingerprint density at radius 2 is 1.76 bits per heavy atom. The number of esters is 1. The minimum Gasteiger partial charge on any atom is -0.455 e. The largest absolute Gasteiger partial charge is 0.455 e. The van der Waals surface area contributed by atoms with Gasteiger partial charge in [0, 0.05) is 17.6 Å². The minimum atomic E-state index is -3.93. The van der Waals surface area contributed by atoms with Gasteiger partial charge in [0.1, 0.15) is 18.1 Å². The number of ether oxygens (including phenoxy) is 1. The second-order valence-corrected chi connectivity index (χ2v) is 9.85. The molecule has 34 heavy (non-hydrogen) atoms. The van der Waals surface area contributed by atoms with Gasteiger partial charge < -0.3 is 9.15 Å². The summed E-state index contributed by atoms with van der Waals surface area (Å²) in [6.45, 7) is 1.63. The van der Waals surface area contributed by atoms with Crippen LogP contribution < -0.4 is 4.31 Å². The number of halogens is 1. The van der Waals surface area contributed by atoms with Crippen molar-refractivity contribution in [3.8, 4) is 11.5 Å². The Bertz CT molecular complexity index is 1430. The molecule has 0 aliphatic heterocycles. The third-order valence-corrected chi connectivity index (χ3v) is 7.17. The zero-order valence-electron chi connectivity index (χ0n) is 18.4. The molecule has 1 aromatic heterocycles. The average Bonchev–Trinajstić information content (AvgIpc) is 3.23. The molecule has 0 fully saturated rings. The van der Waals surface area contributed by atoms with Gasteiger partial charge in [0.15, 0.2) is 0 Å². The van der Waals surface area contributed by atoms with Gasteiger partial charge in [0.25, 0.3) is 10.0 Å². The maximum Gasteiger partial charge on any atom is 0.338 e. The van der Waals surface area contributed by atoms with E-state index in [1.807, 2.05) is 30.3 Å². The highest BCUT2D eigenvalue weighted by Gasteiger charge is 2.23. The lowest BCUT2D eigenvalue weighted by atomic mass is 10.2. The number of benzene rings is 3. The molecule has 7 nitrogen and oxygen atoms in total. The highest BCUT2D eigenvalue weighted by Crippen LogP contribution is 2.26. The van der Waals surface area contributed by atoms with E-state index in [0.29, 0.717) is 28.1 Å². The van der Waals surface area contributed by atoms with Crippen molar-refractivity contribution in [1.29, 1.82) is 0 Å². The second-order valence-electron chi connectivity index (χ2n) is 7.44. The number of carbonyl (C=O) groups is 1. The van der Waals surface area contributed by atoms with E-state index in [9.17, 15) is 13.2 Å². The van der Waals surface area contributed by atoms with E-state index in [0.717, 1.165) is 9.87 Å². The fraction of sp³-hybridized carbons (Fsp3) is 0.120. The number of nitrogens with zero attached hydrogens (tertiary/aromatic N) is 2. The Hall–Kier alpha value is -3.62. The van der Waals surface area contributed by atoms with Gasteiger partial charge in [-0.3, -0.25) is 4.31 Å². The minimum absolute atomic E-state index is 0.0478. The second kappa shape index (κ2) is 9.70. The van der Waals surface area contributed by atoms with Crippen molar-refractivity contribution >= 4 is 33.3 Å². The Morgan fingerprint density at radius 3 is 2.50 bits per heavy atom. The van der Waals surface area contributed by atoms with E-state index >= 15 is 0 Å². The predicted molar refractivity (Wildman–Crippen MR) is 129 cm³/mol. The Kier molecular flexibility index (Phi) is 6.72. The fourth-order valence-electron chi connectivity index (χ4n) is 3.24. The molecule has 0 bridgehead atoms. The number of sulfonamides is 1. The summed E-state index contributed by atoms with van der Waals surface area (Å²) in [6, 6.07) is 21.5. The van der Waals surface area contributed by atoms with Gasteiger partial charge in [0.05, 0.1) is 16.1 Å². The standard InChI is InChI=1S/C25H21ClN2O5S/c1-17-23(27-24(33-17)18-8-4-3-5-9-18)16-32-25(29)19-10-6-13-22(14-19)34(30,31)28(2)21-12-7-11-20(26)15-21/h3-15H,16H2,1-2H3. The van der Waals surface area contributed by atoms with Crippen LogP contribution in [0.15, 0.2) is 88.2 Å². The van der Waals surface area contributed by atoms with Crippen molar-refractivity contribution in [1.82, 2.24) is 4.98 Å². The molecular weight excluding hydrogens is 476 g/mol. The lowest BCUT2D eigenvalue weighted by Crippen LogP contribution is -2.26. The number of anilines is 1. The highest BCUT2D eigenvalue weighted by molar-refractivity contribution is 7.92. The van der Waals surface area contributed by atoms with Gasteiger partial charge in [-0.2, -0.15) is 0 Å². The van der Waals surface area contributed by atoms with E-state index in [2.05, 4.69) is 4.98 Å². The maximum absolute atomic E-state index is 13.1. The molecule has 3 aromatic carbocycles. The third-order valence-electron chi connectivity index (χ3n) is 5.15. The van der Waals surface area contributed by atoms with Crippen LogP contribution in [0.1, 0.15) is 21.8 Å². The zero-order chi connectivity index (χ0) is 24.3. The number of aromatic nitrogens is 1. The molecule has 0 amide bonds. The lowest BCUT2D eigenvalue weighted by molar-refractivity contribution is 0.0466. The topological polar surface area (TPSA) is 89.7 Å². The van der Waals surface area contributed by atoms with Crippen molar-refractivity contribution in [3.05, 3.63) is 101 Å². The molecule has 0 aliphatic rings. The number of rotatable bonds is 7. The molecule has 0 unspecified atom stereocenters. The molecule has 1 heterocycles. The lowest BCUT2D eigenvalue weighted by Gasteiger charge is -2.20. The number of oxazole rings is 1. The van der Waals surface area contributed by atoms with E-state index in [4.69, 9.17) is 20.8 Å². The fourth-order valence-corrected chi connectivity index (χ4v) is 4.65. The van der Waals surface area contributed by atoms with Crippen LogP contribution in [0, 0.1) is 6.92 Å². The third kappa shape index (κ3) is 4.98. The smallest absolute Gasteiger partial charge is 0.338 e. The summed E-state index contributed by atoms with van der Waals surface area (Å²) >= 11 is 5.99. The van der Waals surface area contributed by atoms with Crippen molar-refractivity contribution in [2.24, 2.45) is 0 Å². The number of carbonyl (C=O) groups excluding carboxylic acids is 1. The monoisotopic (exact) mass is 496 g/mol. The van der Waals surface area contributed by atoms with E-state index in [1.54, 1.807) is 31.2 Å². The molecular formula is C25H21ClN2O5S. The molecule has 0 aliphatic carbocycles. The predicted octanol–water partition coefficient (Wildman–Crippen LogP) is 5.49. The number of hydrogen-bond donors (Lipinski definition) is 0. The SMILES string of the molecule is Cc1oc(-c2ccccc2)nc1COC(=O)c1cccc(S(=O)(=O)N(C)c2cccc(Cl)c2)c1. The maximum atomic E-state index is 13.1. The Labute approximate surface area is 202 Å². The molecule has 4 aromatic rings. The summed E-state index contributed by atoms with van der Waals surface area (Å²) in [7, 11) is -2.51. The summed E-state index contributed by atoms with van der Waals surface area (Å²) in [6.07, 6.45) is 0. The van der Waals surface area contributed by atoms with Crippen LogP contribution in [-0.4, -0.2) is 26.4 Å². The van der Waals surface area contributed by atoms with Crippen LogP contribution in [0.3, 0.4) is 0 Å². The molecule has 174 valence electrons. The van der Waals surface area contributed by atoms with Gasteiger partial charge in [-0.05, 0) is 55.5 Å². The first-order valence-corrected chi connectivity index (χ1v) is 12.1. The van der Waals surface area contributed by atoms with Gasteiger partial charge in [0.2, 0.25) is 5.89 Å². The van der Waals surface area contributed by atoms with Crippen LogP contribution in [0.5, 0.6) is 0 Å². The molecule has 0 radical (unpaired) electrons. The number of aryl methyl sites for hydroxylation is 1. The first-order chi connectivity index (χ1) is 16.3. The van der Waals surface area contributed by atoms with Crippen molar-refractivity contribution in [2.45, 2.75) is 18.4 Å². The van der Waals surface area contributed by atoms with E-state index < -0.39 is 16.0 Å². The molecule has 0 saturated carbocycles. The molecule has 4 rings (SSSR count). The van der Waals surface area contributed by atoms with Gasteiger partial charge >= 0.3 is 5.97 Å². The first-order valence-electron chi connectivity index (χ1n) is 10.3. The van der Waals surface area contributed by atoms with E-state index in [-0.39, 0.29) is 17.1 Å². The summed E-state index contributed by atoms with van der Waals surface area (Å²) in [5.41, 5.74) is 1.79. The quantitative estimate of drug-likeness (QED) is 0.314. The summed E-state index contributed by atoms with van der Waals surface area (Å²) in [4.78, 5) is 17.0.